The molecular weight excluding hydrogens is 260 g/mol. The lowest BCUT2D eigenvalue weighted by atomic mass is 9.95. The molecule has 0 spiro atoms. The molecular formula is C19H20O2. The van der Waals surface area contributed by atoms with Crippen LogP contribution in [0.2, 0.25) is 0 Å². The fourth-order valence-electron chi connectivity index (χ4n) is 2.43. The molecule has 2 heteroatoms. The third-order valence-electron chi connectivity index (χ3n) is 3.43. The molecule has 0 saturated carbocycles. The number of rotatable bonds is 5. The second-order valence-corrected chi connectivity index (χ2v) is 5.06. The van der Waals surface area contributed by atoms with E-state index in [2.05, 4.69) is 6.92 Å². The van der Waals surface area contributed by atoms with Gasteiger partial charge < -0.3 is 5.11 Å². The summed E-state index contributed by atoms with van der Waals surface area (Å²) in [5.41, 5.74) is 4.38. The van der Waals surface area contributed by atoms with E-state index in [1.54, 1.807) is 6.07 Å². The molecule has 2 rings (SSSR count). The molecule has 0 heterocycles. The molecule has 0 aliphatic rings. The molecule has 0 aliphatic carbocycles. The van der Waals surface area contributed by atoms with Crippen molar-refractivity contribution in [3.63, 3.8) is 0 Å². The van der Waals surface area contributed by atoms with Gasteiger partial charge >= 0.3 is 5.97 Å². The molecule has 2 aromatic carbocycles. The Kier molecular flexibility index (Phi) is 4.94. The largest absolute Gasteiger partial charge is 0.478 e. The SMILES string of the molecule is CC=Cc1ccc(-c2cc(CCC)ccc2C(=O)O)cc1. The summed E-state index contributed by atoms with van der Waals surface area (Å²) >= 11 is 0. The van der Waals surface area contributed by atoms with Crippen LogP contribution in [0.5, 0.6) is 0 Å². The Bertz CT molecular complexity index is 652. The maximum Gasteiger partial charge on any atom is 0.336 e. The Morgan fingerprint density at radius 1 is 1.14 bits per heavy atom. The van der Waals surface area contributed by atoms with E-state index in [0.29, 0.717) is 5.56 Å². The van der Waals surface area contributed by atoms with Crippen LogP contribution < -0.4 is 0 Å². The molecule has 0 aromatic heterocycles. The zero-order chi connectivity index (χ0) is 15.2. The van der Waals surface area contributed by atoms with Gasteiger partial charge in [-0.05, 0) is 41.7 Å². The number of carbonyl (C=O) groups is 1. The van der Waals surface area contributed by atoms with E-state index in [4.69, 9.17) is 0 Å². The second kappa shape index (κ2) is 6.89. The highest BCUT2D eigenvalue weighted by Gasteiger charge is 2.12. The van der Waals surface area contributed by atoms with Crippen LogP contribution in [0.25, 0.3) is 17.2 Å². The number of aryl methyl sites for hydroxylation is 1. The highest BCUT2D eigenvalue weighted by molar-refractivity contribution is 5.96. The van der Waals surface area contributed by atoms with Gasteiger partial charge in [-0.1, -0.05) is 61.9 Å². The van der Waals surface area contributed by atoms with Crippen LogP contribution in [0.15, 0.2) is 48.5 Å². The van der Waals surface area contributed by atoms with Crippen LogP contribution in [-0.2, 0) is 6.42 Å². The predicted octanol–water partition coefficient (Wildman–Crippen LogP) is 5.04. The van der Waals surface area contributed by atoms with Crippen LogP contribution in [0.3, 0.4) is 0 Å². The second-order valence-electron chi connectivity index (χ2n) is 5.06. The average molecular weight is 280 g/mol. The molecule has 0 amide bonds. The third kappa shape index (κ3) is 3.60. The number of carboxylic acid groups (broad SMARTS) is 1. The van der Waals surface area contributed by atoms with E-state index in [9.17, 15) is 9.90 Å². The summed E-state index contributed by atoms with van der Waals surface area (Å²) in [5, 5.41) is 9.38. The van der Waals surface area contributed by atoms with E-state index < -0.39 is 5.97 Å². The van der Waals surface area contributed by atoms with E-state index >= 15 is 0 Å². The Hall–Kier alpha value is -2.35. The number of allylic oxidation sites excluding steroid dienone is 1. The lowest BCUT2D eigenvalue weighted by Gasteiger charge is -2.09. The summed E-state index contributed by atoms with van der Waals surface area (Å²) in [6.45, 7) is 4.10. The Balaban J connectivity index is 2.48. The van der Waals surface area contributed by atoms with Crippen LogP contribution >= 0.6 is 0 Å². The number of hydrogen-bond donors (Lipinski definition) is 1. The molecule has 2 nitrogen and oxygen atoms in total. The first-order valence-corrected chi connectivity index (χ1v) is 7.25. The smallest absolute Gasteiger partial charge is 0.336 e. The van der Waals surface area contributed by atoms with Gasteiger partial charge in [-0.2, -0.15) is 0 Å². The van der Waals surface area contributed by atoms with E-state index in [-0.39, 0.29) is 0 Å². The maximum absolute atomic E-state index is 11.4. The quantitative estimate of drug-likeness (QED) is 0.833. The van der Waals surface area contributed by atoms with Gasteiger partial charge in [0, 0.05) is 0 Å². The number of aromatic carboxylic acids is 1. The van der Waals surface area contributed by atoms with Gasteiger partial charge in [0.05, 0.1) is 5.56 Å². The monoisotopic (exact) mass is 280 g/mol. The summed E-state index contributed by atoms with van der Waals surface area (Å²) in [5.74, 6) is -0.884. The summed E-state index contributed by atoms with van der Waals surface area (Å²) in [6.07, 6.45) is 6.02. The Morgan fingerprint density at radius 3 is 2.43 bits per heavy atom. The minimum atomic E-state index is -0.884. The topological polar surface area (TPSA) is 37.3 Å². The summed E-state index contributed by atoms with van der Waals surface area (Å²) in [7, 11) is 0. The molecule has 0 atom stereocenters. The highest BCUT2D eigenvalue weighted by atomic mass is 16.4. The summed E-state index contributed by atoms with van der Waals surface area (Å²) in [4.78, 5) is 11.4. The normalized spacial score (nSPS) is 11.0. The lowest BCUT2D eigenvalue weighted by molar-refractivity contribution is 0.0697. The minimum Gasteiger partial charge on any atom is -0.478 e. The van der Waals surface area contributed by atoms with Crippen molar-refractivity contribution in [1.82, 2.24) is 0 Å². The van der Waals surface area contributed by atoms with Gasteiger partial charge in [0.1, 0.15) is 0 Å². The minimum absolute atomic E-state index is 0.355. The number of hydrogen-bond acceptors (Lipinski definition) is 1. The standard InChI is InChI=1S/C19H20O2/c1-3-5-14-7-10-16(11-8-14)18-13-15(6-4-2)9-12-17(18)19(20)21/h3,5,7-13H,4,6H2,1-2H3,(H,20,21). The van der Waals surface area contributed by atoms with Crippen molar-refractivity contribution in [2.45, 2.75) is 26.7 Å². The molecule has 1 N–H and O–H groups in total. The first-order chi connectivity index (χ1) is 10.2. The van der Waals surface area contributed by atoms with Crippen molar-refractivity contribution in [1.29, 1.82) is 0 Å². The Morgan fingerprint density at radius 2 is 1.86 bits per heavy atom. The van der Waals surface area contributed by atoms with Crippen LogP contribution in [0, 0.1) is 0 Å². The third-order valence-corrected chi connectivity index (χ3v) is 3.43. The van der Waals surface area contributed by atoms with Crippen molar-refractivity contribution in [2.75, 3.05) is 0 Å². The Labute approximate surface area is 125 Å². The molecule has 0 aliphatic heterocycles. The molecule has 0 unspecified atom stereocenters. The summed E-state index contributed by atoms with van der Waals surface area (Å²) < 4.78 is 0. The average Bonchev–Trinajstić information content (AvgIpc) is 2.48. The maximum atomic E-state index is 11.4. The van der Waals surface area contributed by atoms with Crippen molar-refractivity contribution < 1.29 is 9.90 Å². The van der Waals surface area contributed by atoms with Gasteiger partial charge in [0.25, 0.3) is 0 Å². The molecule has 21 heavy (non-hydrogen) atoms. The van der Waals surface area contributed by atoms with Crippen molar-refractivity contribution in [3.8, 4) is 11.1 Å². The van der Waals surface area contributed by atoms with Crippen molar-refractivity contribution in [2.24, 2.45) is 0 Å². The van der Waals surface area contributed by atoms with Crippen LogP contribution in [0.1, 0.15) is 41.8 Å². The first-order valence-electron chi connectivity index (χ1n) is 7.25. The van der Waals surface area contributed by atoms with E-state index in [0.717, 1.165) is 29.5 Å². The van der Waals surface area contributed by atoms with Crippen LogP contribution in [0.4, 0.5) is 0 Å². The van der Waals surface area contributed by atoms with Crippen LogP contribution in [-0.4, -0.2) is 11.1 Å². The van der Waals surface area contributed by atoms with Gasteiger partial charge in [0.15, 0.2) is 0 Å². The molecule has 108 valence electrons. The first kappa shape index (κ1) is 15.0. The zero-order valence-corrected chi connectivity index (χ0v) is 12.5. The molecule has 0 radical (unpaired) electrons. The van der Waals surface area contributed by atoms with Gasteiger partial charge in [-0.25, -0.2) is 4.79 Å². The molecule has 0 bridgehead atoms. The van der Waals surface area contributed by atoms with Gasteiger partial charge in [-0.15, -0.1) is 0 Å². The molecule has 2 aromatic rings. The number of carboxylic acids is 1. The van der Waals surface area contributed by atoms with Gasteiger partial charge in [0.2, 0.25) is 0 Å². The van der Waals surface area contributed by atoms with Crippen molar-refractivity contribution in [3.05, 3.63) is 65.2 Å². The number of benzene rings is 2. The van der Waals surface area contributed by atoms with Gasteiger partial charge in [-0.3, -0.25) is 0 Å². The summed E-state index contributed by atoms with van der Waals surface area (Å²) in [6, 6.07) is 13.6. The molecule has 0 saturated heterocycles. The lowest BCUT2D eigenvalue weighted by Crippen LogP contribution is -2.00. The molecule has 0 fully saturated rings. The zero-order valence-electron chi connectivity index (χ0n) is 12.5. The predicted molar refractivity (Wildman–Crippen MR) is 87.5 cm³/mol. The highest BCUT2D eigenvalue weighted by Crippen LogP contribution is 2.26. The van der Waals surface area contributed by atoms with Crippen molar-refractivity contribution >= 4 is 12.0 Å². The fraction of sp³-hybridized carbons (Fsp3) is 0.211. The fourth-order valence-corrected chi connectivity index (χ4v) is 2.43. The van der Waals surface area contributed by atoms with E-state index in [1.165, 1.54) is 5.56 Å². The van der Waals surface area contributed by atoms with E-state index in [1.807, 2.05) is 55.5 Å².